The molecular formula is C13H16BrClN2O3. The van der Waals surface area contributed by atoms with Gasteiger partial charge < -0.3 is 15.4 Å². The number of benzene rings is 1. The Balaban J connectivity index is 2.36. The molecule has 0 aliphatic heterocycles. The fourth-order valence-corrected chi connectivity index (χ4v) is 2.00. The average molecular weight is 364 g/mol. The van der Waals surface area contributed by atoms with E-state index in [2.05, 4.69) is 26.6 Å². The van der Waals surface area contributed by atoms with Gasteiger partial charge in [-0.05, 0) is 18.2 Å². The highest BCUT2D eigenvalue weighted by molar-refractivity contribution is 9.10. The Morgan fingerprint density at radius 1 is 1.30 bits per heavy atom. The van der Waals surface area contributed by atoms with Crippen molar-refractivity contribution in [1.29, 1.82) is 0 Å². The smallest absolute Gasteiger partial charge is 0.252 e. The zero-order valence-corrected chi connectivity index (χ0v) is 13.4. The minimum atomic E-state index is -0.305. The summed E-state index contributed by atoms with van der Waals surface area (Å²) in [6.07, 6.45) is 0.209. The second-order valence-electron chi connectivity index (χ2n) is 3.97. The van der Waals surface area contributed by atoms with E-state index in [0.29, 0.717) is 23.7 Å². The summed E-state index contributed by atoms with van der Waals surface area (Å²) in [5.74, 6) is -0.441. The van der Waals surface area contributed by atoms with Crippen LogP contribution < -0.4 is 10.6 Å². The minimum Gasteiger partial charge on any atom is -0.383 e. The third-order valence-electron chi connectivity index (χ3n) is 2.44. The molecule has 1 aromatic rings. The van der Waals surface area contributed by atoms with Gasteiger partial charge in [-0.25, -0.2) is 0 Å². The van der Waals surface area contributed by atoms with Crippen LogP contribution >= 0.6 is 27.5 Å². The summed E-state index contributed by atoms with van der Waals surface area (Å²) >= 11 is 9.22. The molecule has 0 saturated heterocycles. The van der Waals surface area contributed by atoms with Crippen LogP contribution in [0.1, 0.15) is 16.8 Å². The molecule has 20 heavy (non-hydrogen) atoms. The number of carbonyl (C=O) groups is 2. The molecule has 0 bridgehead atoms. The van der Waals surface area contributed by atoms with E-state index in [1.807, 2.05) is 0 Å². The Kier molecular flexibility index (Phi) is 7.58. The predicted octanol–water partition coefficient (Wildman–Crippen LogP) is 1.99. The minimum absolute atomic E-state index is 0.136. The molecule has 0 saturated carbocycles. The van der Waals surface area contributed by atoms with Crippen LogP contribution in [0.15, 0.2) is 22.7 Å². The molecule has 1 rings (SSSR count). The molecule has 0 spiro atoms. The molecule has 0 fully saturated rings. The number of rotatable bonds is 7. The first kappa shape index (κ1) is 16.9. The Bertz CT molecular complexity index is 483. The highest BCUT2D eigenvalue weighted by Gasteiger charge is 2.11. The second kappa shape index (κ2) is 8.94. The maximum absolute atomic E-state index is 11.9. The lowest BCUT2D eigenvalue weighted by atomic mass is 10.2. The molecule has 5 nitrogen and oxygen atoms in total. The van der Waals surface area contributed by atoms with Gasteiger partial charge >= 0.3 is 0 Å². The van der Waals surface area contributed by atoms with E-state index in [9.17, 15) is 9.59 Å². The number of amides is 2. The predicted molar refractivity (Wildman–Crippen MR) is 81.0 cm³/mol. The van der Waals surface area contributed by atoms with Crippen molar-refractivity contribution in [3.63, 3.8) is 0 Å². The fourth-order valence-electron chi connectivity index (χ4n) is 1.44. The van der Waals surface area contributed by atoms with E-state index >= 15 is 0 Å². The van der Waals surface area contributed by atoms with Crippen molar-refractivity contribution in [1.82, 2.24) is 10.6 Å². The monoisotopic (exact) mass is 362 g/mol. The summed E-state index contributed by atoms with van der Waals surface area (Å²) in [5.41, 5.74) is 0.376. The molecule has 110 valence electrons. The molecule has 0 aromatic heterocycles. The Morgan fingerprint density at radius 3 is 2.75 bits per heavy atom. The topological polar surface area (TPSA) is 67.4 Å². The van der Waals surface area contributed by atoms with Crippen LogP contribution in [-0.2, 0) is 9.53 Å². The number of carbonyl (C=O) groups excluding carboxylic acids is 2. The van der Waals surface area contributed by atoms with Crippen LogP contribution in [0.4, 0.5) is 0 Å². The van der Waals surface area contributed by atoms with Crippen LogP contribution in [-0.4, -0.2) is 38.6 Å². The maximum atomic E-state index is 11.9. The SMILES string of the molecule is COCCNC(=O)CCNC(=O)c1cc(Br)ccc1Cl. The first-order chi connectivity index (χ1) is 9.54. The van der Waals surface area contributed by atoms with E-state index in [1.54, 1.807) is 25.3 Å². The summed E-state index contributed by atoms with van der Waals surface area (Å²) < 4.78 is 5.58. The van der Waals surface area contributed by atoms with Gasteiger partial charge in [0.05, 0.1) is 17.2 Å². The second-order valence-corrected chi connectivity index (χ2v) is 5.30. The van der Waals surface area contributed by atoms with Gasteiger partial charge in [-0.15, -0.1) is 0 Å². The number of nitrogens with one attached hydrogen (secondary N) is 2. The van der Waals surface area contributed by atoms with Crippen molar-refractivity contribution in [2.24, 2.45) is 0 Å². The van der Waals surface area contributed by atoms with Gasteiger partial charge in [0.2, 0.25) is 5.91 Å². The molecule has 0 aliphatic rings. The third-order valence-corrected chi connectivity index (χ3v) is 3.26. The molecular weight excluding hydrogens is 348 g/mol. The standard InChI is InChI=1S/C13H16BrClN2O3/c1-20-7-6-16-12(18)4-5-17-13(19)10-8-9(14)2-3-11(10)15/h2-3,8H,4-7H2,1H3,(H,16,18)(H,17,19). The molecule has 2 N–H and O–H groups in total. The van der Waals surface area contributed by atoms with E-state index in [1.165, 1.54) is 0 Å². The highest BCUT2D eigenvalue weighted by Crippen LogP contribution is 2.20. The summed E-state index contributed by atoms with van der Waals surface area (Å²) in [4.78, 5) is 23.3. The highest BCUT2D eigenvalue weighted by atomic mass is 79.9. The van der Waals surface area contributed by atoms with Gasteiger partial charge in [-0.1, -0.05) is 27.5 Å². The van der Waals surface area contributed by atoms with Gasteiger partial charge in [0.1, 0.15) is 0 Å². The first-order valence-electron chi connectivity index (χ1n) is 6.03. The van der Waals surface area contributed by atoms with Crippen molar-refractivity contribution in [3.8, 4) is 0 Å². The van der Waals surface area contributed by atoms with E-state index < -0.39 is 0 Å². The van der Waals surface area contributed by atoms with Gasteiger partial charge in [-0.3, -0.25) is 9.59 Å². The Labute approximate surface area is 131 Å². The van der Waals surface area contributed by atoms with E-state index in [0.717, 1.165) is 4.47 Å². The van der Waals surface area contributed by atoms with E-state index in [-0.39, 0.29) is 24.8 Å². The molecule has 0 aliphatic carbocycles. The zero-order valence-electron chi connectivity index (χ0n) is 11.0. The molecule has 0 heterocycles. The number of hydrogen-bond donors (Lipinski definition) is 2. The Morgan fingerprint density at radius 2 is 2.05 bits per heavy atom. The van der Waals surface area contributed by atoms with Crippen molar-refractivity contribution >= 4 is 39.3 Å². The van der Waals surface area contributed by atoms with Crippen molar-refractivity contribution in [2.75, 3.05) is 26.8 Å². The van der Waals surface area contributed by atoms with Gasteiger partial charge in [0.15, 0.2) is 0 Å². The van der Waals surface area contributed by atoms with Crippen LogP contribution in [0, 0.1) is 0 Å². The summed E-state index contributed by atoms with van der Waals surface area (Å²) in [6, 6.07) is 5.02. The molecule has 0 atom stereocenters. The van der Waals surface area contributed by atoms with Crippen molar-refractivity contribution in [3.05, 3.63) is 33.3 Å². The zero-order chi connectivity index (χ0) is 15.0. The molecule has 1 aromatic carbocycles. The number of ether oxygens (including phenoxy) is 1. The van der Waals surface area contributed by atoms with Gasteiger partial charge in [0, 0.05) is 31.1 Å². The van der Waals surface area contributed by atoms with Crippen LogP contribution in [0.5, 0.6) is 0 Å². The average Bonchev–Trinajstić information content (AvgIpc) is 2.41. The lowest BCUT2D eigenvalue weighted by molar-refractivity contribution is -0.121. The van der Waals surface area contributed by atoms with E-state index in [4.69, 9.17) is 16.3 Å². The fraction of sp³-hybridized carbons (Fsp3) is 0.385. The quantitative estimate of drug-likeness (QED) is 0.728. The van der Waals surface area contributed by atoms with Gasteiger partial charge in [-0.2, -0.15) is 0 Å². The lowest BCUT2D eigenvalue weighted by Crippen LogP contribution is -2.32. The molecule has 0 unspecified atom stereocenters. The maximum Gasteiger partial charge on any atom is 0.252 e. The normalized spacial score (nSPS) is 10.2. The largest absolute Gasteiger partial charge is 0.383 e. The number of hydrogen-bond acceptors (Lipinski definition) is 3. The van der Waals surface area contributed by atoms with Crippen LogP contribution in [0.3, 0.4) is 0 Å². The summed E-state index contributed by atoms with van der Waals surface area (Å²) in [7, 11) is 1.56. The number of methoxy groups -OCH3 is 1. The third kappa shape index (κ3) is 5.90. The summed E-state index contributed by atoms with van der Waals surface area (Å²) in [6.45, 7) is 1.17. The van der Waals surface area contributed by atoms with Crippen LogP contribution in [0.2, 0.25) is 5.02 Å². The van der Waals surface area contributed by atoms with Gasteiger partial charge in [0.25, 0.3) is 5.91 Å². The van der Waals surface area contributed by atoms with Crippen LogP contribution in [0.25, 0.3) is 0 Å². The molecule has 2 amide bonds. The molecule has 0 radical (unpaired) electrons. The Hall–Kier alpha value is -1.11. The first-order valence-corrected chi connectivity index (χ1v) is 7.20. The molecule has 7 heteroatoms. The lowest BCUT2D eigenvalue weighted by Gasteiger charge is -2.08. The summed E-state index contributed by atoms with van der Waals surface area (Å²) in [5, 5.41) is 5.69. The van der Waals surface area contributed by atoms with Crippen molar-refractivity contribution in [2.45, 2.75) is 6.42 Å². The van der Waals surface area contributed by atoms with Crippen molar-refractivity contribution < 1.29 is 14.3 Å². The number of halogens is 2.